The van der Waals surface area contributed by atoms with E-state index in [1.807, 2.05) is 6.92 Å². The number of nitrogens with zero attached hydrogens (tertiary/aromatic N) is 3. The predicted octanol–water partition coefficient (Wildman–Crippen LogP) is 3.02. The van der Waals surface area contributed by atoms with Crippen molar-refractivity contribution >= 4 is 21.7 Å². The molecule has 0 atom stereocenters. The van der Waals surface area contributed by atoms with E-state index in [9.17, 15) is 9.18 Å². The molecule has 0 radical (unpaired) electrons. The first-order valence-electron chi connectivity index (χ1n) is 5.96. The van der Waals surface area contributed by atoms with Gasteiger partial charge in [0.1, 0.15) is 18.0 Å². The van der Waals surface area contributed by atoms with Gasteiger partial charge < -0.3 is 0 Å². The summed E-state index contributed by atoms with van der Waals surface area (Å²) in [5, 5.41) is 4.04. The van der Waals surface area contributed by atoms with E-state index in [4.69, 9.17) is 0 Å². The van der Waals surface area contributed by atoms with Gasteiger partial charge in [-0.15, -0.1) is 0 Å². The number of aromatic nitrogens is 3. The lowest BCUT2D eigenvalue weighted by molar-refractivity contribution is 0.0985. The fourth-order valence-corrected chi connectivity index (χ4v) is 2.11. The van der Waals surface area contributed by atoms with Crippen molar-refractivity contribution < 1.29 is 9.18 Å². The lowest BCUT2D eigenvalue weighted by atomic mass is 10.1. The molecule has 0 spiro atoms. The van der Waals surface area contributed by atoms with Crippen molar-refractivity contribution in [2.45, 2.75) is 26.3 Å². The molecule has 2 aromatic rings. The number of carbonyl (C=O) groups excluding carboxylic acids is 1. The highest BCUT2D eigenvalue weighted by Gasteiger charge is 2.15. The number of aryl methyl sites for hydroxylation is 1. The van der Waals surface area contributed by atoms with Crippen molar-refractivity contribution in [3.05, 3.63) is 46.2 Å². The van der Waals surface area contributed by atoms with Crippen molar-refractivity contribution in [2.75, 3.05) is 0 Å². The maximum absolute atomic E-state index is 13.7. The highest BCUT2D eigenvalue weighted by Crippen LogP contribution is 2.16. The van der Waals surface area contributed by atoms with Gasteiger partial charge in [0.05, 0.1) is 12.0 Å². The zero-order valence-electron chi connectivity index (χ0n) is 10.4. The van der Waals surface area contributed by atoms with Crippen molar-refractivity contribution in [1.82, 2.24) is 14.8 Å². The minimum atomic E-state index is -0.527. The van der Waals surface area contributed by atoms with E-state index in [1.165, 1.54) is 18.5 Å². The van der Waals surface area contributed by atoms with Crippen molar-refractivity contribution in [3.8, 4) is 0 Å². The van der Waals surface area contributed by atoms with E-state index in [-0.39, 0.29) is 17.8 Å². The van der Waals surface area contributed by atoms with Crippen LogP contribution >= 0.6 is 15.9 Å². The first kappa shape index (κ1) is 13.9. The molecule has 100 valence electrons. The smallest absolute Gasteiger partial charge is 0.173 e. The molecule has 19 heavy (non-hydrogen) atoms. The number of rotatable bonds is 5. The second-order valence-electron chi connectivity index (χ2n) is 4.12. The molecule has 4 nitrogen and oxygen atoms in total. The Bertz CT molecular complexity index is 597. The first-order chi connectivity index (χ1) is 9.11. The van der Waals surface area contributed by atoms with Crippen molar-refractivity contribution in [3.63, 3.8) is 0 Å². The summed E-state index contributed by atoms with van der Waals surface area (Å²) < 4.78 is 16.0. The standard InChI is InChI=1S/C13H13BrFN3O/c1-2-5-18-13(16-8-17-18)7-12(19)10-4-3-9(14)6-11(10)15/h3-4,6,8H,2,5,7H2,1H3. The Morgan fingerprint density at radius 3 is 2.95 bits per heavy atom. The van der Waals surface area contributed by atoms with E-state index in [1.54, 1.807) is 10.7 Å². The highest BCUT2D eigenvalue weighted by atomic mass is 79.9. The van der Waals surface area contributed by atoms with Gasteiger partial charge in [-0.1, -0.05) is 22.9 Å². The van der Waals surface area contributed by atoms with Gasteiger partial charge in [-0.25, -0.2) is 14.1 Å². The van der Waals surface area contributed by atoms with Crippen LogP contribution in [0.4, 0.5) is 4.39 Å². The second-order valence-corrected chi connectivity index (χ2v) is 5.04. The predicted molar refractivity (Wildman–Crippen MR) is 72.4 cm³/mol. The summed E-state index contributed by atoms with van der Waals surface area (Å²) in [6.45, 7) is 2.72. The largest absolute Gasteiger partial charge is 0.294 e. The van der Waals surface area contributed by atoms with Gasteiger partial charge >= 0.3 is 0 Å². The highest BCUT2D eigenvalue weighted by molar-refractivity contribution is 9.10. The molecule has 0 amide bonds. The van der Waals surface area contributed by atoms with E-state index in [0.717, 1.165) is 6.42 Å². The zero-order chi connectivity index (χ0) is 13.8. The summed E-state index contributed by atoms with van der Waals surface area (Å²) in [7, 11) is 0. The minimum Gasteiger partial charge on any atom is -0.294 e. The molecule has 0 unspecified atom stereocenters. The molecule has 1 heterocycles. The number of carbonyl (C=O) groups is 1. The molecule has 0 fully saturated rings. The third-order valence-corrected chi connectivity index (χ3v) is 3.17. The molecule has 0 aliphatic heterocycles. The van der Waals surface area contributed by atoms with E-state index in [2.05, 4.69) is 26.0 Å². The Morgan fingerprint density at radius 2 is 2.26 bits per heavy atom. The quantitative estimate of drug-likeness (QED) is 0.794. The van der Waals surface area contributed by atoms with Crippen molar-refractivity contribution in [1.29, 1.82) is 0 Å². The summed E-state index contributed by atoms with van der Waals surface area (Å²) in [5.74, 6) is -0.259. The fourth-order valence-electron chi connectivity index (χ4n) is 1.78. The van der Waals surface area contributed by atoms with E-state index >= 15 is 0 Å². The Hall–Kier alpha value is -1.56. The summed E-state index contributed by atoms with van der Waals surface area (Å²) in [4.78, 5) is 16.1. The molecule has 0 aliphatic rings. The number of hydrogen-bond donors (Lipinski definition) is 0. The van der Waals surface area contributed by atoms with Crippen LogP contribution in [0.15, 0.2) is 29.0 Å². The molecule has 0 saturated heterocycles. The Kier molecular flexibility index (Phi) is 4.42. The number of benzene rings is 1. The molecule has 0 bridgehead atoms. The van der Waals surface area contributed by atoms with Gasteiger partial charge in [0.25, 0.3) is 0 Å². The van der Waals surface area contributed by atoms with Crippen LogP contribution in [0.2, 0.25) is 0 Å². The maximum atomic E-state index is 13.7. The number of ketones is 1. The molecule has 1 aromatic carbocycles. The van der Waals surface area contributed by atoms with Crippen LogP contribution in [0.1, 0.15) is 29.5 Å². The molecule has 0 saturated carbocycles. The van der Waals surface area contributed by atoms with Crippen LogP contribution in [-0.4, -0.2) is 20.5 Å². The normalized spacial score (nSPS) is 10.7. The van der Waals surface area contributed by atoms with Crippen molar-refractivity contribution in [2.24, 2.45) is 0 Å². The van der Waals surface area contributed by atoms with Gasteiger partial charge in [0, 0.05) is 11.0 Å². The molecular weight excluding hydrogens is 313 g/mol. The third-order valence-electron chi connectivity index (χ3n) is 2.68. The molecule has 6 heteroatoms. The Morgan fingerprint density at radius 1 is 1.47 bits per heavy atom. The topological polar surface area (TPSA) is 47.8 Å². The fraction of sp³-hybridized carbons (Fsp3) is 0.308. The zero-order valence-corrected chi connectivity index (χ0v) is 12.0. The molecule has 1 aromatic heterocycles. The maximum Gasteiger partial charge on any atom is 0.173 e. The summed E-state index contributed by atoms with van der Waals surface area (Å²) >= 11 is 3.16. The number of hydrogen-bond acceptors (Lipinski definition) is 3. The van der Waals surface area contributed by atoms with Crippen LogP contribution in [0, 0.1) is 5.82 Å². The van der Waals surface area contributed by atoms with Crippen LogP contribution in [0.3, 0.4) is 0 Å². The van der Waals surface area contributed by atoms with Gasteiger partial charge in [0.15, 0.2) is 5.78 Å². The van der Waals surface area contributed by atoms with Crippen LogP contribution in [0.25, 0.3) is 0 Å². The molecular formula is C13H13BrFN3O. The van der Waals surface area contributed by atoms with Crippen LogP contribution in [-0.2, 0) is 13.0 Å². The average molecular weight is 326 g/mol. The lowest BCUT2D eigenvalue weighted by Crippen LogP contribution is -2.12. The Balaban J connectivity index is 2.18. The SMILES string of the molecule is CCCn1ncnc1CC(=O)c1ccc(Br)cc1F. The van der Waals surface area contributed by atoms with E-state index in [0.29, 0.717) is 16.8 Å². The Labute approximate surface area is 118 Å². The third kappa shape index (κ3) is 3.26. The van der Waals surface area contributed by atoms with Gasteiger partial charge in [0.2, 0.25) is 0 Å². The van der Waals surface area contributed by atoms with Gasteiger partial charge in [-0.2, -0.15) is 5.10 Å². The minimum absolute atomic E-state index is 0.0541. The monoisotopic (exact) mass is 325 g/mol. The summed E-state index contributed by atoms with van der Waals surface area (Å²) in [5.41, 5.74) is 0.0780. The summed E-state index contributed by atoms with van der Waals surface area (Å²) in [6, 6.07) is 4.40. The average Bonchev–Trinajstić information content (AvgIpc) is 2.77. The second kappa shape index (κ2) is 6.06. The number of halogens is 2. The first-order valence-corrected chi connectivity index (χ1v) is 6.76. The van der Waals surface area contributed by atoms with Crippen LogP contribution < -0.4 is 0 Å². The molecule has 2 rings (SSSR count). The van der Waals surface area contributed by atoms with E-state index < -0.39 is 5.82 Å². The lowest BCUT2D eigenvalue weighted by Gasteiger charge is -2.05. The van der Waals surface area contributed by atoms with Gasteiger partial charge in [-0.3, -0.25) is 4.79 Å². The summed E-state index contributed by atoms with van der Waals surface area (Å²) in [6.07, 6.45) is 2.37. The van der Waals surface area contributed by atoms with Gasteiger partial charge in [-0.05, 0) is 24.6 Å². The van der Waals surface area contributed by atoms with Crippen LogP contribution in [0.5, 0.6) is 0 Å². The number of Topliss-reactive ketones (excluding diaryl/α,β-unsaturated/α-hetero) is 1. The molecule has 0 aliphatic carbocycles. The molecule has 0 N–H and O–H groups in total.